The quantitative estimate of drug-likeness (QED) is 0.330. The number of aromatic nitrogens is 2. The molecule has 0 aliphatic heterocycles. The van der Waals surface area contributed by atoms with Crippen molar-refractivity contribution < 1.29 is 10.0 Å². The number of carbonyl (C=O) groups excluding carboxylic acids is 1. The Hall–Kier alpha value is -2.05. The van der Waals surface area contributed by atoms with Crippen LogP contribution in [0.2, 0.25) is 0 Å². The van der Waals surface area contributed by atoms with E-state index in [1.165, 1.54) is 0 Å². The fourth-order valence-corrected chi connectivity index (χ4v) is 2.90. The average molecular weight is 279 g/mol. The molecule has 0 spiro atoms. The van der Waals surface area contributed by atoms with Crippen molar-refractivity contribution in [1.29, 1.82) is 0 Å². The molecule has 20 heavy (non-hydrogen) atoms. The highest BCUT2D eigenvalue weighted by Crippen LogP contribution is 2.30. The maximum atomic E-state index is 12.5. The Morgan fingerprint density at radius 3 is 2.50 bits per heavy atom. The molecule has 0 unspecified atom stereocenters. The van der Waals surface area contributed by atoms with Crippen LogP contribution in [0.3, 0.4) is 0 Å². The number of amidine groups is 1. The zero-order chi connectivity index (χ0) is 14.9. The van der Waals surface area contributed by atoms with E-state index in [2.05, 4.69) is 15.6 Å². The summed E-state index contributed by atoms with van der Waals surface area (Å²) in [7, 11) is 1.80. The summed E-state index contributed by atoms with van der Waals surface area (Å²) in [5.41, 5.74) is 7.08. The Kier molecular flexibility index (Phi) is 3.69. The summed E-state index contributed by atoms with van der Waals surface area (Å²) in [5.74, 6) is -0.149. The van der Waals surface area contributed by atoms with Crippen molar-refractivity contribution in [1.82, 2.24) is 15.1 Å². The predicted molar refractivity (Wildman–Crippen MR) is 74.8 cm³/mol. The maximum absolute atomic E-state index is 12.5. The monoisotopic (exact) mass is 279 g/mol. The molecule has 0 saturated heterocycles. The SMILES string of the molecule is Cc1nn(C)c(C)c1C(=O)NC1(/C(N)=N/O)CCCC1. The van der Waals surface area contributed by atoms with E-state index in [0.29, 0.717) is 24.1 Å². The average Bonchev–Trinajstić information content (AvgIpc) is 2.95. The molecule has 0 aromatic carbocycles. The molecule has 1 aliphatic rings. The topological polar surface area (TPSA) is 106 Å². The van der Waals surface area contributed by atoms with Crippen molar-refractivity contribution in [2.75, 3.05) is 0 Å². The first-order chi connectivity index (χ1) is 9.41. The molecule has 1 heterocycles. The summed E-state index contributed by atoms with van der Waals surface area (Å²) in [6.45, 7) is 3.65. The van der Waals surface area contributed by atoms with Crippen molar-refractivity contribution in [2.45, 2.75) is 45.1 Å². The van der Waals surface area contributed by atoms with Gasteiger partial charge in [0.1, 0.15) is 5.54 Å². The number of aryl methyl sites for hydroxylation is 2. The third-order valence-corrected chi connectivity index (χ3v) is 4.14. The highest BCUT2D eigenvalue weighted by atomic mass is 16.4. The van der Waals surface area contributed by atoms with E-state index in [1.54, 1.807) is 18.7 Å². The first-order valence-corrected chi connectivity index (χ1v) is 6.72. The number of hydrogen-bond acceptors (Lipinski definition) is 4. The van der Waals surface area contributed by atoms with Gasteiger partial charge in [-0.25, -0.2) is 0 Å². The van der Waals surface area contributed by atoms with Gasteiger partial charge in [-0.05, 0) is 26.7 Å². The molecule has 2 rings (SSSR count). The van der Waals surface area contributed by atoms with Crippen molar-refractivity contribution >= 4 is 11.7 Å². The van der Waals surface area contributed by atoms with Crippen molar-refractivity contribution in [3.8, 4) is 0 Å². The van der Waals surface area contributed by atoms with Crippen LogP contribution in [0.15, 0.2) is 5.16 Å². The minimum Gasteiger partial charge on any atom is -0.409 e. The maximum Gasteiger partial charge on any atom is 0.255 e. The van der Waals surface area contributed by atoms with Crippen LogP contribution in [-0.4, -0.2) is 32.3 Å². The van der Waals surface area contributed by atoms with Crippen LogP contribution < -0.4 is 11.1 Å². The third kappa shape index (κ3) is 2.23. The van der Waals surface area contributed by atoms with Gasteiger partial charge in [0.2, 0.25) is 0 Å². The van der Waals surface area contributed by atoms with E-state index < -0.39 is 5.54 Å². The van der Waals surface area contributed by atoms with Crippen LogP contribution >= 0.6 is 0 Å². The number of rotatable bonds is 3. The van der Waals surface area contributed by atoms with E-state index >= 15 is 0 Å². The van der Waals surface area contributed by atoms with Gasteiger partial charge in [-0.1, -0.05) is 18.0 Å². The van der Waals surface area contributed by atoms with Crippen LogP contribution in [0.4, 0.5) is 0 Å². The Bertz CT molecular complexity index is 555. The van der Waals surface area contributed by atoms with Gasteiger partial charge in [0.05, 0.1) is 11.3 Å². The second kappa shape index (κ2) is 5.15. The number of nitrogens with two attached hydrogens (primary N) is 1. The van der Waals surface area contributed by atoms with Crippen LogP contribution in [-0.2, 0) is 7.05 Å². The molecule has 1 aliphatic carbocycles. The van der Waals surface area contributed by atoms with Gasteiger partial charge in [-0.2, -0.15) is 5.10 Å². The van der Waals surface area contributed by atoms with Gasteiger partial charge < -0.3 is 16.3 Å². The lowest BCUT2D eigenvalue weighted by Gasteiger charge is -2.28. The molecular formula is C13H21N5O2. The minimum atomic E-state index is -0.736. The molecule has 1 fully saturated rings. The van der Waals surface area contributed by atoms with Gasteiger partial charge in [0.15, 0.2) is 5.84 Å². The lowest BCUT2D eigenvalue weighted by Crippen LogP contribution is -2.55. The molecule has 0 radical (unpaired) electrons. The molecule has 1 saturated carbocycles. The van der Waals surface area contributed by atoms with Gasteiger partial charge >= 0.3 is 0 Å². The van der Waals surface area contributed by atoms with Crippen LogP contribution in [0.5, 0.6) is 0 Å². The molecule has 0 atom stereocenters. The predicted octanol–water partition coefficient (Wildman–Crippen LogP) is 0.826. The zero-order valence-electron chi connectivity index (χ0n) is 12.1. The summed E-state index contributed by atoms with van der Waals surface area (Å²) in [5, 5.41) is 19.2. The number of hydrogen-bond donors (Lipinski definition) is 3. The molecule has 1 aromatic heterocycles. The summed E-state index contributed by atoms with van der Waals surface area (Å²) in [6.07, 6.45) is 3.27. The first-order valence-electron chi connectivity index (χ1n) is 6.72. The second-order valence-corrected chi connectivity index (χ2v) is 5.40. The van der Waals surface area contributed by atoms with Gasteiger partial charge in [-0.15, -0.1) is 0 Å². The van der Waals surface area contributed by atoms with E-state index in [9.17, 15) is 4.79 Å². The normalized spacial score (nSPS) is 18.2. The highest BCUT2D eigenvalue weighted by molar-refractivity contribution is 6.01. The molecule has 1 amide bonds. The minimum absolute atomic E-state index is 0.0718. The number of nitrogens with zero attached hydrogens (tertiary/aromatic N) is 3. The van der Waals surface area contributed by atoms with Crippen LogP contribution in [0.25, 0.3) is 0 Å². The van der Waals surface area contributed by atoms with E-state index in [0.717, 1.165) is 18.5 Å². The second-order valence-electron chi connectivity index (χ2n) is 5.40. The van der Waals surface area contributed by atoms with Gasteiger partial charge in [-0.3, -0.25) is 9.48 Å². The van der Waals surface area contributed by atoms with E-state index in [4.69, 9.17) is 10.9 Å². The fraction of sp³-hybridized carbons (Fsp3) is 0.615. The standard InChI is InChI=1S/C13H21N5O2/c1-8-10(9(2)18(3)16-8)11(19)15-13(12(14)17-20)6-4-5-7-13/h20H,4-7H2,1-3H3,(H2,14,17)(H,15,19). The van der Waals surface area contributed by atoms with Gasteiger partial charge in [0, 0.05) is 12.7 Å². The smallest absolute Gasteiger partial charge is 0.255 e. The Morgan fingerprint density at radius 1 is 1.45 bits per heavy atom. The Morgan fingerprint density at radius 2 is 2.05 bits per heavy atom. The fourth-order valence-electron chi connectivity index (χ4n) is 2.90. The largest absolute Gasteiger partial charge is 0.409 e. The molecule has 7 nitrogen and oxygen atoms in total. The highest BCUT2D eigenvalue weighted by Gasteiger charge is 2.40. The summed E-state index contributed by atoms with van der Waals surface area (Å²) in [4.78, 5) is 12.5. The van der Waals surface area contributed by atoms with E-state index in [1.807, 2.05) is 6.92 Å². The summed E-state index contributed by atoms with van der Waals surface area (Å²) in [6, 6.07) is 0. The Balaban J connectivity index is 2.30. The number of nitrogens with one attached hydrogen (secondary N) is 1. The summed E-state index contributed by atoms with van der Waals surface area (Å²) >= 11 is 0. The van der Waals surface area contributed by atoms with Crippen LogP contribution in [0, 0.1) is 13.8 Å². The number of amides is 1. The first kappa shape index (κ1) is 14.4. The van der Waals surface area contributed by atoms with E-state index in [-0.39, 0.29) is 11.7 Å². The molecular weight excluding hydrogens is 258 g/mol. The lowest BCUT2D eigenvalue weighted by atomic mass is 9.95. The zero-order valence-corrected chi connectivity index (χ0v) is 12.1. The van der Waals surface area contributed by atoms with Crippen molar-refractivity contribution in [2.24, 2.45) is 17.9 Å². The number of oxime groups is 1. The lowest BCUT2D eigenvalue weighted by molar-refractivity contribution is 0.0921. The number of carbonyl (C=O) groups is 1. The molecule has 4 N–H and O–H groups in total. The molecule has 1 aromatic rings. The summed E-state index contributed by atoms with van der Waals surface area (Å²) < 4.78 is 1.68. The van der Waals surface area contributed by atoms with Crippen molar-refractivity contribution in [3.63, 3.8) is 0 Å². The van der Waals surface area contributed by atoms with Crippen molar-refractivity contribution in [3.05, 3.63) is 17.0 Å². The van der Waals surface area contributed by atoms with Gasteiger partial charge in [0.25, 0.3) is 5.91 Å². The third-order valence-electron chi connectivity index (χ3n) is 4.14. The molecule has 7 heteroatoms. The molecule has 110 valence electrons. The molecule has 0 bridgehead atoms. The van der Waals surface area contributed by atoms with Crippen LogP contribution in [0.1, 0.15) is 47.4 Å². The Labute approximate surface area is 117 Å².